The van der Waals surface area contributed by atoms with Crippen molar-refractivity contribution >= 4 is 11.6 Å². The van der Waals surface area contributed by atoms with Crippen LogP contribution in [-0.2, 0) is 27.7 Å². The summed E-state index contributed by atoms with van der Waals surface area (Å²) in [7, 11) is 0. The van der Waals surface area contributed by atoms with Crippen molar-refractivity contribution in [2.24, 2.45) is 0 Å². The molecule has 0 unspecified atom stereocenters. The minimum absolute atomic E-state index is 0.125. The second-order valence-corrected chi connectivity index (χ2v) is 1.89. The number of hydrogen-bond donors (Lipinski definition) is 0. The van der Waals surface area contributed by atoms with E-state index in [0.29, 0.717) is 5.88 Å². The van der Waals surface area contributed by atoms with E-state index in [0.717, 1.165) is 0 Å². The first-order chi connectivity index (χ1) is 4.93. The van der Waals surface area contributed by atoms with Gasteiger partial charge in [-0.1, -0.05) is 30.3 Å². The molecule has 1 nitrogen and oxygen atoms in total. The Morgan fingerprint density at radius 3 is 2.00 bits per heavy atom. The maximum atomic E-state index is 8.38. The van der Waals surface area contributed by atoms with E-state index in [-0.39, 0.29) is 18.3 Å². The second-order valence-electron chi connectivity index (χ2n) is 1.62. The topological polar surface area (TPSA) is 17.1 Å². The number of hydrogen-bond acceptors (Lipinski definition) is 1. The van der Waals surface area contributed by atoms with E-state index >= 15 is 0 Å². The van der Waals surface area contributed by atoms with E-state index in [1.54, 1.807) is 0 Å². The van der Waals surface area contributed by atoms with Gasteiger partial charge in [-0.2, -0.15) is 0 Å². The van der Waals surface area contributed by atoms with Crippen LogP contribution in [0.15, 0.2) is 30.3 Å². The fraction of sp³-hybridized carbons (Fsp3) is 0.143. The van der Waals surface area contributed by atoms with Crippen LogP contribution >= 0.6 is 11.6 Å². The van der Waals surface area contributed by atoms with Gasteiger partial charge in [-0.05, 0) is 5.56 Å². The van der Waals surface area contributed by atoms with Crippen LogP contribution in [0.1, 0.15) is 5.56 Å². The average Bonchev–Trinajstić information content (AvgIpc) is 2.10. The van der Waals surface area contributed by atoms with E-state index in [1.807, 2.05) is 30.3 Å². The van der Waals surface area contributed by atoms with Crippen molar-refractivity contribution in [1.29, 1.82) is 0 Å². The van der Waals surface area contributed by atoms with Gasteiger partial charge >= 0.3 is 21.8 Å². The SMILES string of the molecule is ClCc1ccccc1.[O]=[Zn]. The van der Waals surface area contributed by atoms with Crippen molar-refractivity contribution < 1.29 is 21.8 Å². The zero-order valence-electron chi connectivity index (χ0n) is 5.59. The van der Waals surface area contributed by atoms with Gasteiger partial charge in [0.25, 0.3) is 0 Å². The van der Waals surface area contributed by atoms with E-state index < -0.39 is 0 Å². The van der Waals surface area contributed by atoms with Crippen molar-refractivity contribution in [1.82, 2.24) is 0 Å². The fourth-order valence-electron chi connectivity index (χ4n) is 0.567. The first-order valence-corrected chi connectivity index (χ1v) is 4.57. The molecule has 50 valence electrons. The molecule has 0 aliphatic rings. The molecule has 0 bridgehead atoms. The van der Waals surface area contributed by atoms with Crippen LogP contribution < -0.4 is 0 Å². The quantitative estimate of drug-likeness (QED) is 0.511. The van der Waals surface area contributed by atoms with Gasteiger partial charge in [0.05, 0.1) is 0 Å². The molecule has 0 saturated heterocycles. The summed E-state index contributed by atoms with van der Waals surface area (Å²) in [6.07, 6.45) is 0. The fourth-order valence-corrected chi connectivity index (χ4v) is 0.745. The Morgan fingerprint density at radius 1 is 1.20 bits per heavy atom. The molecule has 0 amide bonds. The number of halogens is 1. The summed E-state index contributed by atoms with van der Waals surface area (Å²) in [4.78, 5) is 0. The molecule has 10 heavy (non-hydrogen) atoms. The van der Waals surface area contributed by atoms with Gasteiger partial charge in [0, 0.05) is 5.88 Å². The molecule has 0 heterocycles. The summed E-state index contributed by atoms with van der Waals surface area (Å²) < 4.78 is 8.38. The summed E-state index contributed by atoms with van der Waals surface area (Å²) >= 11 is 5.65. The molecule has 1 rings (SSSR count). The standard InChI is InChI=1S/C7H7Cl.O.Zn/c8-6-7-4-2-1-3-5-7;;/h1-5H,6H2;;. The first-order valence-electron chi connectivity index (χ1n) is 2.82. The monoisotopic (exact) mass is 206 g/mol. The first kappa shape index (κ1) is 9.93. The van der Waals surface area contributed by atoms with E-state index in [2.05, 4.69) is 0 Å². The predicted molar refractivity (Wildman–Crippen MR) is 36.7 cm³/mol. The third-order valence-corrected chi connectivity index (χ3v) is 1.31. The van der Waals surface area contributed by atoms with E-state index in [9.17, 15) is 0 Å². The summed E-state index contributed by atoms with van der Waals surface area (Å²) in [6.45, 7) is 0. The zero-order valence-corrected chi connectivity index (χ0v) is 9.31. The van der Waals surface area contributed by atoms with Crippen LogP contribution in [0.4, 0.5) is 0 Å². The second kappa shape index (κ2) is 7.05. The molecule has 0 aliphatic carbocycles. The molecule has 0 fully saturated rings. The Morgan fingerprint density at radius 2 is 1.70 bits per heavy atom. The molecule has 1 aromatic carbocycles. The molecular weight excluding hydrogens is 201 g/mol. The Kier molecular flexibility index (Phi) is 7.00. The van der Waals surface area contributed by atoms with Gasteiger partial charge in [0.15, 0.2) is 0 Å². The van der Waals surface area contributed by atoms with Crippen LogP contribution in [0.2, 0.25) is 0 Å². The van der Waals surface area contributed by atoms with Crippen LogP contribution in [0.3, 0.4) is 0 Å². The average molecular weight is 208 g/mol. The molecule has 0 atom stereocenters. The molecular formula is C7H7ClOZn. The van der Waals surface area contributed by atoms with Crippen molar-refractivity contribution in [3.63, 3.8) is 0 Å². The molecule has 0 N–H and O–H groups in total. The number of benzene rings is 1. The Labute approximate surface area is 75.3 Å². The van der Waals surface area contributed by atoms with Gasteiger partial charge in [-0.3, -0.25) is 0 Å². The summed E-state index contributed by atoms with van der Waals surface area (Å²) in [5.41, 5.74) is 1.18. The van der Waals surface area contributed by atoms with Crippen molar-refractivity contribution in [3.05, 3.63) is 35.9 Å². The predicted octanol–water partition coefficient (Wildman–Crippen LogP) is 2.30. The third-order valence-electron chi connectivity index (χ3n) is 0.997. The van der Waals surface area contributed by atoms with Crippen LogP contribution in [0, 0.1) is 0 Å². The maximum absolute atomic E-state index is 8.38. The molecule has 0 spiro atoms. The van der Waals surface area contributed by atoms with Crippen molar-refractivity contribution in [2.75, 3.05) is 0 Å². The molecule has 0 aliphatic heterocycles. The van der Waals surface area contributed by atoms with Gasteiger partial charge in [0.1, 0.15) is 0 Å². The molecule has 1 aromatic rings. The molecule has 0 saturated carbocycles. The van der Waals surface area contributed by atoms with Crippen molar-refractivity contribution in [3.8, 4) is 0 Å². The Balaban J connectivity index is 0.000000371. The normalized spacial score (nSPS) is 7.90. The molecule has 0 radical (unpaired) electrons. The van der Waals surface area contributed by atoms with Crippen LogP contribution in [0.25, 0.3) is 0 Å². The molecule has 3 heteroatoms. The minimum atomic E-state index is 0.125. The van der Waals surface area contributed by atoms with Gasteiger partial charge in [-0.15, -0.1) is 11.6 Å². The van der Waals surface area contributed by atoms with E-state index in [1.165, 1.54) is 5.56 Å². The summed E-state index contributed by atoms with van der Waals surface area (Å²) in [5.74, 6) is 0.612. The zero-order chi connectivity index (χ0) is 7.82. The van der Waals surface area contributed by atoms with Gasteiger partial charge in [-0.25, -0.2) is 0 Å². The summed E-state index contributed by atoms with van der Waals surface area (Å²) in [6, 6.07) is 9.96. The van der Waals surface area contributed by atoms with Crippen LogP contribution in [0.5, 0.6) is 0 Å². The summed E-state index contributed by atoms with van der Waals surface area (Å²) in [5, 5.41) is 0. The van der Waals surface area contributed by atoms with Crippen LogP contribution in [-0.4, -0.2) is 0 Å². The third kappa shape index (κ3) is 3.87. The Hall–Kier alpha value is -0.0666. The number of alkyl halides is 1. The number of rotatable bonds is 1. The Bertz CT molecular complexity index is 167. The van der Waals surface area contributed by atoms with Crippen molar-refractivity contribution in [2.45, 2.75) is 5.88 Å². The van der Waals surface area contributed by atoms with E-state index in [4.69, 9.17) is 15.2 Å². The van der Waals surface area contributed by atoms with Gasteiger partial charge < -0.3 is 0 Å². The van der Waals surface area contributed by atoms with Gasteiger partial charge in [0.2, 0.25) is 0 Å². The molecule has 0 aromatic heterocycles.